The van der Waals surface area contributed by atoms with Crippen molar-refractivity contribution in [3.8, 4) is 0 Å². The summed E-state index contributed by atoms with van der Waals surface area (Å²) in [5.41, 5.74) is 9.26. The van der Waals surface area contributed by atoms with Gasteiger partial charge in [-0.25, -0.2) is 0 Å². The molecule has 0 saturated heterocycles. The van der Waals surface area contributed by atoms with Gasteiger partial charge in [0.05, 0.1) is 12.3 Å². The molecular weight excluding hydrogens is 430 g/mol. The van der Waals surface area contributed by atoms with Crippen LogP contribution < -0.4 is 10.6 Å². The Bertz CT molecular complexity index is 1150. The van der Waals surface area contributed by atoms with Gasteiger partial charge in [0.15, 0.2) is 0 Å². The van der Waals surface area contributed by atoms with Gasteiger partial charge in [-0.15, -0.1) is 0 Å². The van der Waals surface area contributed by atoms with Gasteiger partial charge in [-0.3, -0.25) is 9.79 Å². The zero-order valence-corrected chi connectivity index (χ0v) is 21.9. The smallest absolute Gasteiger partial charge is 0.245 e. The summed E-state index contributed by atoms with van der Waals surface area (Å²) >= 11 is 0. The molecule has 0 aromatic heterocycles. The Morgan fingerprint density at radius 2 is 1.49 bits per heavy atom. The van der Waals surface area contributed by atoms with Crippen molar-refractivity contribution in [1.29, 1.82) is 0 Å². The quantitative estimate of drug-likeness (QED) is 0.395. The lowest BCUT2D eigenvalue weighted by molar-refractivity contribution is -0.126. The van der Waals surface area contributed by atoms with Crippen LogP contribution in [-0.2, 0) is 17.6 Å². The van der Waals surface area contributed by atoms with E-state index in [1.807, 2.05) is 20.8 Å². The SMILES string of the molecule is C=C(C)CNC(=O)C(C)(C)NC(=C)CC1=C(c2ccc(CC)cc2)C(c2ccc(CC)cc2)=NC1. The highest BCUT2D eigenvalue weighted by atomic mass is 16.2. The predicted octanol–water partition coefficient (Wildman–Crippen LogP) is 6.03. The van der Waals surface area contributed by atoms with Crippen molar-refractivity contribution in [2.45, 2.75) is 59.4 Å². The number of carbonyl (C=O) groups is 1. The lowest BCUT2D eigenvalue weighted by Gasteiger charge is -2.28. The molecule has 2 aromatic rings. The minimum atomic E-state index is -0.783. The zero-order valence-electron chi connectivity index (χ0n) is 21.9. The van der Waals surface area contributed by atoms with E-state index in [0.717, 1.165) is 35.4 Å². The first-order valence-corrected chi connectivity index (χ1v) is 12.5. The third kappa shape index (κ3) is 6.60. The molecular formula is C31H39N3O. The summed E-state index contributed by atoms with van der Waals surface area (Å²) in [7, 11) is 0. The number of amides is 1. The van der Waals surface area contributed by atoms with Crippen molar-refractivity contribution in [2.75, 3.05) is 13.1 Å². The minimum absolute atomic E-state index is 0.0783. The van der Waals surface area contributed by atoms with E-state index in [1.165, 1.54) is 27.8 Å². The first-order chi connectivity index (χ1) is 16.6. The van der Waals surface area contributed by atoms with Crippen LogP contribution in [0.15, 0.2) is 83.5 Å². The Morgan fingerprint density at radius 3 is 2.00 bits per heavy atom. The van der Waals surface area contributed by atoms with E-state index in [4.69, 9.17) is 4.99 Å². The van der Waals surface area contributed by atoms with Crippen LogP contribution in [0.2, 0.25) is 0 Å². The highest BCUT2D eigenvalue weighted by Crippen LogP contribution is 2.33. The molecule has 0 unspecified atom stereocenters. The number of rotatable bonds is 11. The van der Waals surface area contributed by atoms with Gasteiger partial charge in [0, 0.05) is 29.8 Å². The molecule has 1 aliphatic heterocycles. The first kappa shape index (κ1) is 26.2. The number of nitrogens with zero attached hydrogens (tertiary/aromatic N) is 1. The fourth-order valence-corrected chi connectivity index (χ4v) is 4.28. The average molecular weight is 470 g/mol. The van der Waals surface area contributed by atoms with Crippen LogP contribution in [0.3, 0.4) is 0 Å². The third-order valence-corrected chi connectivity index (χ3v) is 6.34. The van der Waals surface area contributed by atoms with Crippen LogP contribution in [0, 0.1) is 0 Å². The molecule has 184 valence electrons. The first-order valence-electron chi connectivity index (χ1n) is 12.5. The van der Waals surface area contributed by atoms with Crippen molar-refractivity contribution in [3.05, 3.63) is 101 Å². The van der Waals surface area contributed by atoms with Crippen LogP contribution in [-0.4, -0.2) is 30.2 Å². The highest BCUT2D eigenvalue weighted by molar-refractivity contribution is 6.34. The van der Waals surface area contributed by atoms with Crippen LogP contribution >= 0.6 is 0 Å². The molecule has 2 N–H and O–H groups in total. The van der Waals surface area contributed by atoms with Gasteiger partial charge in [0.1, 0.15) is 5.54 Å². The number of benzene rings is 2. The van der Waals surface area contributed by atoms with Gasteiger partial charge in [-0.1, -0.05) is 81.1 Å². The summed E-state index contributed by atoms with van der Waals surface area (Å²) in [6.07, 6.45) is 2.65. The summed E-state index contributed by atoms with van der Waals surface area (Å²) in [6, 6.07) is 17.5. The van der Waals surface area contributed by atoms with E-state index in [2.05, 4.69) is 86.2 Å². The van der Waals surface area contributed by atoms with E-state index in [-0.39, 0.29) is 5.91 Å². The Morgan fingerprint density at radius 1 is 0.943 bits per heavy atom. The summed E-state index contributed by atoms with van der Waals surface area (Å²) in [5.74, 6) is -0.0783. The Balaban J connectivity index is 1.88. The number of hydrogen-bond acceptors (Lipinski definition) is 3. The standard InChI is InChI=1S/C31H39N3O/c1-8-23-10-14-25(15-11-23)28-27(20-32-29(28)26-16-12-24(9-2)13-17-26)18-22(5)34-31(6,7)30(35)33-19-21(3)4/h10-17,34H,3,5,8-9,18-20H2,1-2,4,6-7H3,(H,33,35). The zero-order chi connectivity index (χ0) is 25.6. The van der Waals surface area contributed by atoms with Crippen molar-refractivity contribution in [2.24, 2.45) is 4.99 Å². The van der Waals surface area contributed by atoms with Crippen LogP contribution in [0.4, 0.5) is 0 Å². The van der Waals surface area contributed by atoms with Crippen molar-refractivity contribution in [1.82, 2.24) is 10.6 Å². The minimum Gasteiger partial charge on any atom is -0.375 e. The normalized spacial score (nSPS) is 13.5. The summed E-state index contributed by atoms with van der Waals surface area (Å²) in [4.78, 5) is 17.6. The largest absolute Gasteiger partial charge is 0.375 e. The van der Waals surface area contributed by atoms with E-state index in [9.17, 15) is 4.79 Å². The second kappa shape index (κ2) is 11.4. The van der Waals surface area contributed by atoms with E-state index in [1.54, 1.807) is 0 Å². The molecule has 0 radical (unpaired) electrons. The molecule has 0 atom stereocenters. The molecule has 0 saturated carbocycles. The van der Waals surface area contributed by atoms with Crippen LogP contribution in [0.1, 0.15) is 63.3 Å². The molecule has 1 aliphatic rings. The maximum atomic E-state index is 12.7. The number of aryl methyl sites for hydroxylation is 2. The van der Waals surface area contributed by atoms with Gasteiger partial charge in [0.25, 0.3) is 0 Å². The molecule has 0 fully saturated rings. The Labute approximate surface area is 211 Å². The van der Waals surface area contributed by atoms with Crippen LogP contribution in [0.5, 0.6) is 0 Å². The van der Waals surface area contributed by atoms with Gasteiger partial charge in [0.2, 0.25) is 5.91 Å². The molecule has 0 aliphatic carbocycles. The number of hydrogen-bond donors (Lipinski definition) is 2. The molecule has 0 bridgehead atoms. The number of aliphatic imine (C=N–C) groups is 1. The monoisotopic (exact) mass is 469 g/mol. The molecule has 3 rings (SSSR count). The number of carbonyl (C=O) groups excluding carboxylic acids is 1. The predicted molar refractivity (Wildman–Crippen MR) is 149 cm³/mol. The summed E-state index contributed by atoms with van der Waals surface area (Å²) < 4.78 is 0. The Kier molecular flexibility index (Phi) is 8.50. The second-order valence-corrected chi connectivity index (χ2v) is 9.91. The molecule has 2 aromatic carbocycles. The summed E-state index contributed by atoms with van der Waals surface area (Å²) in [5, 5.41) is 6.27. The molecule has 4 nitrogen and oxygen atoms in total. The highest BCUT2D eigenvalue weighted by Gasteiger charge is 2.29. The number of nitrogens with one attached hydrogen (secondary N) is 2. The third-order valence-electron chi connectivity index (χ3n) is 6.34. The Hall–Kier alpha value is -3.40. The lowest BCUT2D eigenvalue weighted by Crippen LogP contribution is -2.52. The van der Waals surface area contributed by atoms with Gasteiger partial charge in [-0.05, 0) is 55.9 Å². The van der Waals surface area contributed by atoms with E-state index < -0.39 is 5.54 Å². The molecule has 35 heavy (non-hydrogen) atoms. The molecule has 0 spiro atoms. The van der Waals surface area contributed by atoms with Crippen molar-refractivity contribution in [3.63, 3.8) is 0 Å². The van der Waals surface area contributed by atoms with Crippen molar-refractivity contribution < 1.29 is 4.79 Å². The molecule has 1 heterocycles. The topological polar surface area (TPSA) is 53.5 Å². The van der Waals surface area contributed by atoms with Gasteiger partial charge >= 0.3 is 0 Å². The summed E-state index contributed by atoms with van der Waals surface area (Å²) in [6.45, 7) is 19.2. The molecule has 4 heteroatoms. The maximum Gasteiger partial charge on any atom is 0.245 e. The molecule has 1 amide bonds. The fourth-order valence-electron chi connectivity index (χ4n) is 4.28. The van der Waals surface area contributed by atoms with E-state index >= 15 is 0 Å². The van der Waals surface area contributed by atoms with Crippen LogP contribution in [0.25, 0.3) is 5.57 Å². The fraction of sp³-hybridized carbons (Fsp3) is 0.355. The van der Waals surface area contributed by atoms with Crippen molar-refractivity contribution >= 4 is 17.2 Å². The van der Waals surface area contributed by atoms with Gasteiger partial charge in [-0.2, -0.15) is 0 Å². The van der Waals surface area contributed by atoms with Gasteiger partial charge < -0.3 is 10.6 Å². The van der Waals surface area contributed by atoms with E-state index in [0.29, 0.717) is 19.5 Å². The maximum absolute atomic E-state index is 12.7. The number of allylic oxidation sites excluding steroid dienone is 2. The lowest BCUT2D eigenvalue weighted by atomic mass is 9.90. The average Bonchev–Trinajstić information content (AvgIpc) is 3.25. The second-order valence-electron chi connectivity index (χ2n) is 9.91.